The van der Waals surface area contributed by atoms with Crippen LogP contribution < -0.4 is 10.2 Å². The minimum Gasteiger partial charge on any atom is -0.478 e. The number of rotatable bonds is 6. The maximum absolute atomic E-state index is 11.7. The zero-order chi connectivity index (χ0) is 23.4. The second-order valence-electron chi connectivity index (χ2n) is 8.10. The van der Waals surface area contributed by atoms with Gasteiger partial charge < -0.3 is 15.3 Å². The van der Waals surface area contributed by atoms with Crippen LogP contribution in [0.4, 0.5) is 11.4 Å². The Hall–Kier alpha value is -3.35. The maximum atomic E-state index is 11.7. The van der Waals surface area contributed by atoms with E-state index >= 15 is 0 Å². The molecule has 4 rings (SSSR count). The normalized spacial score (nSPS) is 15.2. The fourth-order valence-electron chi connectivity index (χ4n) is 4.34. The lowest BCUT2D eigenvalue weighted by molar-refractivity contribution is -0.114. The fraction of sp³-hybridized carbons (Fsp3) is 0.231. The number of hydrogen-bond acceptors (Lipinski definition) is 4. The second-order valence-corrected chi connectivity index (χ2v) is 8.54. The molecule has 7 heteroatoms. The molecular formula is C26H26ClN3O3. The van der Waals surface area contributed by atoms with E-state index in [2.05, 4.69) is 51.5 Å². The van der Waals surface area contributed by atoms with Crippen LogP contribution in [0.25, 0.3) is 0 Å². The topological polar surface area (TPSA) is 72.9 Å². The maximum Gasteiger partial charge on any atom is 0.337 e. The van der Waals surface area contributed by atoms with Gasteiger partial charge in [0.15, 0.2) is 0 Å². The van der Waals surface area contributed by atoms with Crippen LogP contribution in [0, 0.1) is 0 Å². The number of aromatic carboxylic acids is 1. The number of carbonyl (C=O) groups is 2. The van der Waals surface area contributed by atoms with Crippen LogP contribution >= 0.6 is 11.6 Å². The lowest BCUT2D eigenvalue weighted by Gasteiger charge is -2.40. The van der Waals surface area contributed by atoms with E-state index in [0.29, 0.717) is 10.7 Å². The van der Waals surface area contributed by atoms with Crippen molar-refractivity contribution in [3.63, 3.8) is 0 Å². The first-order chi connectivity index (χ1) is 15.9. The van der Waals surface area contributed by atoms with Gasteiger partial charge in [-0.1, -0.05) is 54.1 Å². The number of carbonyl (C=O) groups excluding carboxylic acids is 1. The SMILES string of the molecule is CC(=O)Nc1ccc(N2CCN([C@H](c3ccccc3)c3ccc(Cl)cc3)CC2)cc1C(=O)O. The highest BCUT2D eigenvalue weighted by molar-refractivity contribution is 6.30. The molecule has 2 N–H and O–H groups in total. The highest BCUT2D eigenvalue weighted by Crippen LogP contribution is 2.32. The van der Waals surface area contributed by atoms with Gasteiger partial charge in [-0.05, 0) is 41.5 Å². The van der Waals surface area contributed by atoms with E-state index in [0.717, 1.165) is 31.9 Å². The minimum atomic E-state index is -1.06. The van der Waals surface area contributed by atoms with Crippen LogP contribution in [-0.4, -0.2) is 48.1 Å². The van der Waals surface area contributed by atoms with Gasteiger partial charge in [0.05, 0.1) is 17.3 Å². The molecule has 0 bridgehead atoms. The van der Waals surface area contributed by atoms with Crippen molar-refractivity contribution >= 4 is 34.9 Å². The van der Waals surface area contributed by atoms with Crippen LogP contribution in [0.1, 0.15) is 34.5 Å². The van der Waals surface area contributed by atoms with E-state index in [1.165, 1.54) is 18.1 Å². The van der Waals surface area contributed by atoms with E-state index < -0.39 is 5.97 Å². The standard InChI is InChI=1S/C26H26ClN3O3/c1-18(31)28-24-12-11-22(17-23(24)26(32)33)29-13-15-30(16-14-29)25(19-5-3-2-4-6-19)20-7-9-21(27)10-8-20/h2-12,17,25H,13-16H2,1H3,(H,28,31)(H,32,33)/t25-/m1/s1. The lowest BCUT2D eigenvalue weighted by Crippen LogP contribution is -2.48. The van der Waals surface area contributed by atoms with Crippen LogP contribution in [0.3, 0.4) is 0 Å². The van der Waals surface area contributed by atoms with Gasteiger partial charge in [-0.25, -0.2) is 4.79 Å². The zero-order valence-corrected chi connectivity index (χ0v) is 19.1. The van der Waals surface area contributed by atoms with Gasteiger partial charge in [-0.2, -0.15) is 0 Å². The minimum absolute atomic E-state index is 0.0912. The molecule has 1 amide bonds. The van der Waals surface area contributed by atoms with Crippen molar-refractivity contribution in [1.29, 1.82) is 0 Å². The van der Waals surface area contributed by atoms with Gasteiger partial charge in [-0.15, -0.1) is 0 Å². The first kappa shape index (κ1) is 22.8. The van der Waals surface area contributed by atoms with E-state index in [9.17, 15) is 14.7 Å². The summed E-state index contributed by atoms with van der Waals surface area (Å²) in [4.78, 5) is 27.8. The molecule has 1 saturated heterocycles. The van der Waals surface area contributed by atoms with Gasteiger partial charge in [0.25, 0.3) is 0 Å². The Morgan fingerprint density at radius 2 is 1.55 bits per heavy atom. The average molecular weight is 464 g/mol. The lowest BCUT2D eigenvalue weighted by atomic mass is 9.96. The highest BCUT2D eigenvalue weighted by Gasteiger charge is 2.27. The van der Waals surface area contributed by atoms with Crippen molar-refractivity contribution in [2.45, 2.75) is 13.0 Å². The van der Waals surface area contributed by atoms with Crippen molar-refractivity contribution in [3.8, 4) is 0 Å². The molecule has 3 aromatic carbocycles. The van der Waals surface area contributed by atoms with Crippen LogP contribution in [0.5, 0.6) is 0 Å². The summed E-state index contributed by atoms with van der Waals surface area (Å²) in [6, 6.07) is 23.7. The Bertz CT molecular complexity index is 1130. The van der Waals surface area contributed by atoms with Gasteiger partial charge in [-0.3, -0.25) is 9.69 Å². The van der Waals surface area contributed by atoms with Crippen molar-refractivity contribution in [2.24, 2.45) is 0 Å². The molecule has 170 valence electrons. The van der Waals surface area contributed by atoms with Crippen molar-refractivity contribution < 1.29 is 14.7 Å². The molecule has 6 nitrogen and oxygen atoms in total. The Balaban J connectivity index is 1.54. The average Bonchev–Trinajstić information content (AvgIpc) is 2.81. The molecule has 0 aromatic heterocycles. The van der Waals surface area contributed by atoms with Gasteiger partial charge in [0.1, 0.15) is 0 Å². The number of carboxylic acid groups (broad SMARTS) is 1. The van der Waals surface area contributed by atoms with Gasteiger partial charge in [0.2, 0.25) is 5.91 Å². The molecular weight excluding hydrogens is 438 g/mol. The molecule has 1 heterocycles. The summed E-state index contributed by atoms with van der Waals surface area (Å²) >= 11 is 6.12. The summed E-state index contributed by atoms with van der Waals surface area (Å²) in [6.07, 6.45) is 0. The molecule has 0 saturated carbocycles. The molecule has 1 atom stereocenters. The highest BCUT2D eigenvalue weighted by atomic mass is 35.5. The van der Waals surface area contributed by atoms with Gasteiger partial charge >= 0.3 is 5.97 Å². The number of amides is 1. The Morgan fingerprint density at radius 3 is 2.15 bits per heavy atom. The van der Waals surface area contributed by atoms with E-state index in [4.69, 9.17) is 11.6 Å². The second kappa shape index (κ2) is 10.1. The molecule has 1 aliphatic rings. The molecule has 0 unspecified atom stereocenters. The summed E-state index contributed by atoms with van der Waals surface area (Å²) in [5.41, 5.74) is 3.65. The third kappa shape index (κ3) is 5.35. The zero-order valence-electron chi connectivity index (χ0n) is 18.4. The number of carboxylic acids is 1. The number of nitrogens with zero attached hydrogens (tertiary/aromatic N) is 2. The summed E-state index contributed by atoms with van der Waals surface area (Å²) in [6.45, 7) is 4.52. The first-order valence-corrected chi connectivity index (χ1v) is 11.2. The van der Waals surface area contributed by atoms with Gasteiger partial charge in [0, 0.05) is 43.8 Å². The fourth-order valence-corrected chi connectivity index (χ4v) is 4.46. The van der Waals surface area contributed by atoms with Crippen LogP contribution in [0.2, 0.25) is 5.02 Å². The number of halogens is 1. The summed E-state index contributed by atoms with van der Waals surface area (Å²) in [5.74, 6) is -1.36. The third-order valence-corrected chi connectivity index (χ3v) is 6.14. The molecule has 0 spiro atoms. The van der Waals surface area contributed by atoms with Crippen molar-refractivity contribution in [3.05, 3.63) is 94.5 Å². The number of piperazine rings is 1. The Kier molecular flexibility index (Phi) is 6.96. The predicted octanol–water partition coefficient (Wildman–Crippen LogP) is 4.91. The van der Waals surface area contributed by atoms with Crippen LogP contribution in [0.15, 0.2) is 72.8 Å². The molecule has 0 aliphatic carbocycles. The van der Waals surface area contributed by atoms with Crippen molar-refractivity contribution in [1.82, 2.24) is 4.90 Å². The molecule has 1 fully saturated rings. The molecule has 33 heavy (non-hydrogen) atoms. The van der Waals surface area contributed by atoms with E-state index in [1.54, 1.807) is 12.1 Å². The van der Waals surface area contributed by atoms with Crippen molar-refractivity contribution in [2.75, 3.05) is 36.4 Å². The number of nitrogens with one attached hydrogen (secondary N) is 1. The summed E-state index contributed by atoms with van der Waals surface area (Å²) in [5, 5.41) is 12.9. The summed E-state index contributed by atoms with van der Waals surface area (Å²) < 4.78 is 0. The predicted molar refractivity (Wildman–Crippen MR) is 131 cm³/mol. The number of benzene rings is 3. The third-order valence-electron chi connectivity index (χ3n) is 5.89. The van der Waals surface area contributed by atoms with Crippen LogP contribution in [-0.2, 0) is 4.79 Å². The summed E-state index contributed by atoms with van der Waals surface area (Å²) in [7, 11) is 0. The van der Waals surface area contributed by atoms with E-state index in [1.807, 2.05) is 24.3 Å². The Morgan fingerprint density at radius 1 is 0.909 bits per heavy atom. The number of anilines is 2. The number of hydrogen-bond donors (Lipinski definition) is 2. The first-order valence-electron chi connectivity index (χ1n) is 10.9. The molecule has 1 aliphatic heterocycles. The Labute approximate surface area is 198 Å². The van der Waals surface area contributed by atoms with E-state index in [-0.39, 0.29) is 17.5 Å². The molecule has 0 radical (unpaired) electrons. The molecule has 3 aromatic rings. The smallest absolute Gasteiger partial charge is 0.337 e. The quantitative estimate of drug-likeness (QED) is 0.543. The largest absolute Gasteiger partial charge is 0.478 e. The monoisotopic (exact) mass is 463 g/mol.